The minimum atomic E-state index is 0.00566. The maximum atomic E-state index is 12.2. The van der Waals surface area contributed by atoms with Crippen molar-refractivity contribution in [2.45, 2.75) is 6.92 Å². The molecule has 0 aromatic heterocycles. The van der Waals surface area contributed by atoms with E-state index in [1.807, 2.05) is 36.1 Å². The second-order valence-corrected chi connectivity index (χ2v) is 5.93. The zero-order valence-corrected chi connectivity index (χ0v) is 13.3. The third-order valence-corrected chi connectivity index (χ3v) is 3.83. The first-order valence-electron chi connectivity index (χ1n) is 7.54. The fourth-order valence-corrected chi connectivity index (χ4v) is 2.36. The highest BCUT2D eigenvalue weighted by molar-refractivity contribution is 5.89. The van der Waals surface area contributed by atoms with Crippen molar-refractivity contribution in [1.29, 1.82) is 0 Å². The molecular formula is C16H26N4O. The van der Waals surface area contributed by atoms with Crippen LogP contribution in [-0.4, -0.2) is 74.1 Å². The van der Waals surface area contributed by atoms with E-state index >= 15 is 0 Å². The summed E-state index contributed by atoms with van der Waals surface area (Å²) in [6.45, 7) is 7.68. The van der Waals surface area contributed by atoms with Crippen molar-refractivity contribution in [3.63, 3.8) is 0 Å². The van der Waals surface area contributed by atoms with Crippen LogP contribution in [0.5, 0.6) is 0 Å². The predicted molar refractivity (Wildman–Crippen MR) is 86.8 cm³/mol. The van der Waals surface area contributed by atoms with Crippen LogP contribution in [0, 0.1) is 6.92 Å². The second-order valence-electron chi connectivity index (χ2n) is 5.93. The fraction of sp³-hybridized carbons (Fsp3) is 0.562. The summed E-state index contributed by atoms with van der Waals surface area (Å²) in [5, 5.41) is 2.96. The molecule has 1 aliphatic rings. The number of nitrogens with zero attached hydrogens (tertiary/aromatic N) is 3. The first kappa shape index (κ1) is 15.8. The molecule has 1 fully saturated rings. The van der Waals surface area contributed by atoms with Crippen molar-refractivity contribution in [3.8, 4) is 0 Å². The molecule has 0 spiro atoms. The number of carbonyl (C=O) groups is 1. The summed E-state index contributed by atoms with van der Waals surface area (Å²) in [4.78, 5) is 18.7. The maximum absolute atomic E-state index is 12.2. The van der Waals surface area contributed by atoms with Crippen molar-refractivity contribution in [2.75, 3.05) is 58.7 Å². The average molecular weight is 290 g/mol. The van der Waals surface area contributed by atoms with Gasteiger partial charge < -0.3 is 15.1 Å². The van der Waals surface area contributed by atoms with Crippen LogP contribution in [0.2, 0.25) is 0 Å². The Morgan fingerprint density at radius 1 is 1.14 bits per heavy atom. The van der Waals surface area contributed by atoms with E-state index in [9.17, 15) is 4.79 Å². The fourth-order valence-electron chi connectivity index (χ4n) is 2.36. The standard InChI is InChI=1S/C16H26N4O/c1-14-4-6-15(7-5-14)17-16(21)20-12-10-19(11-13-20)9-8-18(2)3/h4-7H,8-13H2,1-3H3,(H,17,21). The van der Waals surface area contributed by atoms with Crippen LogP contribution in [0.1, 0.15) is 5.56 Å². The number of piperazine rings is 1. The molecule has 1 aromatic rings. The number of hydrogen-bond donors (Lipinski definition) is 1. The number of anilines is 1. The van der Waals surface area contributed by atoms with E-state index in [1.165, 1.54) is 5.56 Å². The van der Waals surface area contributed by atoms with Crippen LogP contribution in [0.3, 0.4) is 0 Å². The van der Waals surface area contributed by atoms with Gasteiger partial charge in [-0.15, -0.1) is 0 Å². The van der Waals surface area contributed by atoms with Gasteiger partial charge in [0.25, 0.3) is 0 Å². The Kier molecular flexibility index (Phi) is 5.59. The Labute approximate surface area is 127 Å². The number of amides is 2. The zero-order valence-electron chi connectivity index (χ0n) is 13.3. The van der Waals surface area contributed by atoms with E-state index in [0.717, 1.165) is 45.0 Å². The van der Waals surface area contributed by atoms with Gasteiger partial charge in [-0.25, -0.2) is 4.79 Å². The van der Waals surface area contributed by atoms with Gasteiger partial charge in [-0.3, -0.25) is 4.90 Å². The van der Waals surface area contributed by atoms with Crippen LogP contribution >= 0.6 is 0 Å². The first-order valence-corrected chi connectivity index (χ1v) is 7.54. The molecule has 0 radical (unpaired) electrons. The Bertz CT molecular complexity index is 450. The van der Waals surface area contributed by atoms with Gasteiger partial charge >= 0.3 is 6.03 Å². The third-order valence-electron chi connectivity index (χ3n) is 3.83. The molecule has 0 aliphatic carbocycles. The highest BCUT2D eigenvalue weighted by Gasteiger charge is 2.20. The number of carbonyl (C=O) groups excluding carboxylic acids is 1. The Balaban J connectivity index is 1.76. The van der Waals surface area contributed by atoms with E-state index in [0.29, 0.717) is 0 Å². The van der Waals surface area contributed by atoms with Gasteiger partial charge in [0, 0.05) is 45.0 Å². The van der Waals surface area contributed by atoms with E-state index < -0.39 is 0 Å². The van der Waals surface area contributed by atoms with E-state index in [1.54, 1.807) is 0 Å². The minimum Gasteiger partial charge on any atom is -0.322 e. The van der Waals surface area contributed by atoms with E-state index in [4.69, 9.17) is 0 Å². The van der Waals surface area contributed by atoms with Crippen LogP contribution in [0.15, 0.2) is 24.3 Å². The number of hydrogen-bond acceptors (Lipinski definition) is 3. The molecule has 1 saturated heterocycles. The van der Waals surface area contributed by atoms with E-state index in [2.05, 4.69) is 29.2 Å². The molecule has 0 unspecified atom stereocenters. The number of benzene rings is 1. The van der Waals surface area contributed by atoms with Gasteiger partial charge in [0.1, 0.15) is 0 Å². The summed E-state index contributed by atoms with van der Waals surface area (Å²) < 4.78 is 0. The first-order chi connectivity index (χ1) is 10.0. The Morgan fingerprint density at radius 2 is 1.76 bits per heavy atom. The highest BCUT2D eigenvalue weighted by Crippen LogP contribution is 2.10. The van der Waals surface area contributed by atoms with Gasteiger partial charge in [-0.1, -0.05) is 17.7 Å². The van der Waals surface area contributed by atoms with Gasteiger partial charge in [0.05, 0.1) is 0 Å². The number of aryl methyl sites for hydroxylation is 1. The molecule has 2 amide bonds. The molecule has 1 heterocycles. The topological polar surface area (TPSA) is 38.8 Å². The molecule has 5 heteroatoms. The lowest BCUT2D eigenvalue weighted by Crippen LogP contribution is -2.51. The Morgan fingerprint density at radius 3 is 2.33 bits per heavy atom. The zero-order chi connectivity index (χ0) is 15.2. The number of likely N-dealkylation sites (N-methyl/N-ethyl adjacent to an activating group) is 1. The van der Waals surface area contributed by atoms with Crippen LogP contribution in [0.25, 0.3) is 0 Å². The van der Waals surface area contributed by atoms with Gasteiger partial charge in [-0.2, -0.15) is 0 Å². The highest BCUT2D eigenvalue weighted by atomic mass is 16.2. The normalized spacial score (nSPS) is 16.3. The number of nitrogens with one attached hydrogen (secondary N) is 1. The molecule has 0 bridgehead atoms. The van der Waals surface area contributed by atoms with Crippen molar-refractivity contribution in [1.82, 2.24) is 14.7 Å². The average Bonchev–Trinajstić information content (AvgIpc) is 2.48. The lowest BCUT2D eigenvalue weighted by Gasteiger charge is -2.35. The summed E-state index contributed by atoms with van der Waals surface area (Å²) in [6, 6.07) is 7.91. The van der Waals surface area contributed by atoms with Gasteiger partial charge in [0.15, 0.2) is 0 Å². The molecular weight excluding hydrogens is 264 g/mol. The molecule has 116 valence electrons. The minimum absolute atomic E-state index is 0.00566. The third kappa shape index (κ3) is 5.02. The van der Waals surface area contributed by atoms with Crippen molar-refractivity contribution in [2.24, 2.45) is 0 Å². The van der Waals surface area contributed by atoms with Crippen LogP contribution in [-0.2, 0) is 0 Å². The summed E-state index contributed by atoms with van der Waals surface area (Å²) in [7, 11) is 4.18. The summed E-state index contributed by atoms with van der Waals surface area (Å²) >= 11 is 0. The van der Waals surface area contributed by atoms with Gasteiger partial charge in [-0.05, 0) is 33.2 Å². The maximum Gasteiger partial charge on any atom is 0.321 e. The molecule has 5 nitrogen and oxygen atoms in total. The molecule has 0 atom stereocenters. The lowest BCUT2D eigenvalue weighted by atomic mass is 10.2. The Hall–Kier alpha value is -1.59. The lowest BCUT2D eigenvalue weighted by molar-refractivity contribution is 0.140. The molecule has 2 rings (SSSR count). The smallest absolute Gasteiger partial charge is 0.321 e. The predicted octanol–water partition coefficient (Wildman–Crippen LogP) is 1.71. The van der Waals surface area contributed by atoms with Gasteiger partial charge in [0.2, 0.25) is 0 Å². The SMILES string of the molecule is Cc1ccc(NC(=O)N2CCN(CCN(C)C)CC2)cc1. The van der Waals surface area contributed by atoms with E-state index in [-0.39, 0.29) is 6.03 Å². The van der Waals surface area contributed by atoms with Crippen LogP contribution in [0.4, 0.5) is 10.5 Å². The molecule has 21 heavy (non-hydrogen) atoms. The quantitative estimate of drug-likeness (QED) is 0.917. The largest absolute Gasteiger partial charge is 0.322 e. The molecule has 0 saturated carbocycles. The van der Waals surface area contributed by atoms with Crippen molar-refractivity contribution >= 4 is 11.7 Å². The van der Waals surface area contributed by atoms with Crippen molar-refractivity contribution in [3.05, 3.63) is 29.8 Å². The van der Waals surface area contributed by atoms with Crippen LogP contribution < -0.4 is 5.32 Å². The monoisotopic (exact) mass is 290 g/mol. The number of rotatable bonds is 4. The molecule has 1 N–H and O–H groups in total. The number of urea groups is 1. The summed E-state index contributed by atoms with van der Waals surface area (Å²) in [6.07, 6.45) is 0. The summed E-state index contributed by atoms with van der Waals surface area (Å²) in [5.74, 6) is 0. The summed E-state index contributed by atoms with van der Waals surface area (Å²) in [5.41, 5.74) is 2.06. The van der Waals surface area contributed by atoms with Crippen molar-refractivity contribution < 1.29 is 4.79 Å². The molecule has 1 aliphatic heterocycles. The second kappa shape index (κ2) is 7.43. The molecule has 1 aromatic carbocycles.